The molecule has 4 heteroatoms. The summed E-state index contributed by atoms with van der Waals surface area (Å²) in [7, 11) is 0. The lowest BCUT2D eigenvalue weighted by Crippen LogP contribution is -2.15. The van der Waals surface area contributed by atoms with Gasteiger partial charge in [0, 0.05) is 34.5 Å². The molecular formula is C15H14ClNOS. The maximum atomic E-state index is 6.39. The highest BCUT2D eigenvalue weighted by Gasteiger charge is 2.08. The topological polar surface area (TPSA) is 25.2 Å². The van der Waals surface area contributed by atoms with Gasteiger partial charge in [0.05, 0.1) is 11.3 Å². The first kappa shape index (κ1) is 12.7. The molecule has 19 heavy (non-hydrogen) atoms. The van der Waals surface area contributed by atoms with Crippen LogP contribution in [0.5, 0.6) is 0 Å². The first-order valence-electron chi connectivity index (χ1n) is 6.23. The minimum atomic E-state index is 0.804. The average molecular weight is 292 g/mol. The van der Waals surface area contributed by atoms with Gasteiger partial charge in [-0.25, -0.2) is 0 Å². The predicted molar refractivity (Wildman–Crippen MR) is 81.0 cm³/mol. The molecule has 3 aromatic rings. The number of halogens is 1. The summed E-state index contributed by atoms with van der Waals surface area (Å²) in [6, 6.07) is 12.2. The van der Waals surface area contributed by atoms with Crippen LogP contribution in [-0.2, 0) is 13.0 Å². The lowest BCUT2D eigenvalue weighted by molar-refractivity contribution is 0.499. The molecule has 0 spiro atoms. The Kier molecular flexibility index (Phi) is 3.87. The van der Waals surface area contributed by atoms with Crippen molar-refractivity contribution in [2.24, 2.45) is 0 Å². The van der Waals surface area contributed by atoms with E-state index in [1.807, 2.05) is 24.3 Å². The van der Waals surface area contributed by atoms with Gasteiger partial charge in [0.15, 0.2) is 0 Å². The summed E-state index contributed by atoms with van der Waals surface area (Å²) in [5.41, 5.74) is 0. The number of hydrogen-bond acceptors (Lipinski definition) is 3. The van der Waals surface area contributed by atoms with Crippen LogP contribution in [0.25, 0.3) is 10.1 Å². The van der Waals surface area contributed by atoms with Crippen molar-refractivity contribution in [3.8, 4) is 0 Å². The fraction of sp³-hybridized carbons (Fsp3) is 0.200. The smallest absolute Gasteiger partial charge is 0.105 e. The van der Waals surface area contributed by atoms with Crippen LogP contribution < -0.4 is 5.32 Å². The molecule has 2 aromatic heterocycles. The number of furan rings is 1. The number of hydrogen-bond donors (Lipinski definition) is 1. The number of rotatable bonds is 5. The van der Waals surface area contributed by atoms with Gasteiger partial charge in [-0.05, 0) is 18.2 Å². The predicted octanol–water partition coefficient (Wildman–Crippen LogP) is 4.48. The van der Waals surface area contributed by atoms with Gasteiger partial charge < -0.3 is 9.73 Å². The maximum Gasteiger partial charge on any atom is 0.105 e. The SMILES string of the molecule is Clc1c(CNCCc2ccco2)sc2ccccc12. The monoisotopic (exact) mass is 291 g/mol. The van der Waals surface area contributed by atoms with Gasteiger partial charge in [0.2, 0.25) is 0 Å². The van der Waals surface area contributed by atoms with Gasteiger partial charge in [-0.1, -0.05) is 29.8 Å². The molecule has 0 aliphatic rings. The zero-order chi connectivity index (χ0) is 13.1. The van der Waals surface area contributed by atoms with E-state index in [4.69, 9.17) is 16.0 Å². The largest absolute Gasteiger partial charge is 0.469 e. The zero-order valence-electron chi connectivity index (χ0n) is 10.4. The van der Waals surface area contributed by atoms with Gasteiger partial charge in [-0.2, -0.15) is 0 Å². The second kappa shape index (κ2) is 5.78. The van der Waals surface area contributed by atoms with Crippen molar-refractivity contribution in [2.75, 3.05) is 6.54 Å². The minimum absolute atomic E-state index is 0.804. The van der Waals surface area contributed by atoms with Gasteiger partial charge in [0.25, 0.3) is 0 Å². The first-order chi connectivity index (χ1) is 9.34. The molecule has 1 aromatic carbocycles. The molecule has 0 fully saturated rings. The van der Waals surface area contributed by atoms with E-state index in [1.54, 1.807) is 17.6 Å². The Hall–Kier alpha value is -1.29. The fourth-order valence-electron chi connectivity index (χ4n) is 2.05. The Bertz CT molecular complexity index is 660. The van der Waals surface area contributed by atoms with E-state index in [-0.39, 0.29) is 0 Å². The summed E-state index contributed by atoms with van der Waals surface area (Å²) in [6.45, 7) is 1.69. The second-order valence-corrected chi connectivity index (χ2v) is 5.86. The number of benzene rings is 1. The third-order valence-corrected chi connectivity index (χ3v) is 4.73. The third-order valence-electron chi connectivity index (χ3n) is 3.02. The molecule has 98 valence electrons. The van der Waals surface area contributed by atoms with Crippen molar-refractivity contribution in [3.05, 3.63) is 58.3 Å². The number of fused-ring (bicyclic) bond motifs is 1. The molecule has 2 nitrogen and oxygen atoms in total. The molecule has 0 radical (unpaired) electrons. The van der Waals surface area contributed by atoms with Crippen LogP contribution in [0.15, 0.2) is 47.1 Å². The van der Waals surface area contributed by atoms with E-state index < -0.39 is 0 Å². The average Bonchev–Trinajstić information content (AvgIpc) is 3.04. The second-order valence-electron chi connectivity index (χ2n) is 4.34. The van der Waals surface area contributed by atoms with E-state index in [0.717, 1.165) is 35.7 Å². The summed E-state index contributed by atoms with van der Waals surface area (Å²) in [6.07, 6.45) is 2.60. The van der Waals surface area contributed by atoms with E-state index in [0.29, 0.717) is 0 Å². The van der Waals surface area contributed by atoms with E-state index in [1.165, 1.54) is 9.58 Å². The van der Waals surface area contributed by atoms with E-state index >= 15 is 0 Å². The van der Waals surface area contributed by atoms with Gasteiger partial charge >= 0.3 is 0 Å². The third kappa shape index (κ3) is 2.84. The summed E-state index contributed by atoms with van der Waals surface area (Å²) in [5, 5.41) is 5.44. The Morgan fingerprint density at radius 3 is 2.84 bits per heavy atom. The van der Waals surface area contributed by atoms with Crippen molar-refractivity contribution in [1.82, 2.24) is 5.32 Å². The molecule has 0 bridgehead atoms. The zero-order valence-corrected chi connectivity index (χ0v) is 11.9. The Morgan fingerprint density at radius 2 is 2.05 bits per heavy atom. The van der Waals surface area contributed by atoms with Crippen molar-refractivity contribution in [2.45, 2.75) is 13.0 Å². The number of nitrogens with one attached hydrogen (secondary N) is 1. The molecule has 0 saturated heterocycles. The fourth-order valence-corrected chi connectivity index (χ4v) is 3.52. The highest BCUT2D eigenvalue weighted by molar-refractivity contribution is 7.19. The van der Waals surface area contributed by atoms with Crippen LogP contribution in [0.1, 0.15) is 10.6 Å². The van der Waals surface area contributed by atoms with Crippen molar-refractivity contribution in [3.63, 3.8) is 0 Å². The van der Waals surface area contributed by atoms with E-state index in [2.05, 4.69) is 17.4 Å². The quantitative estimate of drug-likeness (QED) is 0.701. The van der Waals surface area contributed by atoms with Crippen molar-refractivity contribution in [1.29, 1.82) is 0 Å². The molecule has 1 N–H and O–H groups in total. The van der Waals surface area contributed by atoms with Crippen LogP contribution in [0, 0.1) is 0 Å². The standard InChI is InChI=1S/C15H14ClNOS/c16-15-12-5-1-2-6-13(12)19-14(15)10-17-8-7-11-4-3-9-18-11/h1-6,9,17H,7-8,10H2. The molecule has 0 atom stereocenters. The van der Waals surface area contributed by atoms with Crippen LogP contribution in [0.4, 0.5) is 0 Å². The van der Waals surface area contributed by atoms with E-state index in [9.17, 15) is 0 Å². The van der Waals surface area contributed by atoms with Gasteiger partial charge in [-0.3, -0.25) is 0 Å². The molecule has 3 rings (SSSR count). The minimum Gasteiger partial charge on any atom is -0.469 e. The maximum absolute atomic E-state index is 6.39. The van der Waals surface area contributed by atoms with Crippen molar-refractivity contribution < 1.29 is 4.42 Å². The Morgan fingerprint density at radius 1 is 1.16 bits per heavy atom. The summed E-state index contributed by atoms with van der Waals surface area (Å²) in [4.78, 5) is 1.20. The van der Waals surface area contributed by atoms with Gasteiger partial charge in [0.1, 0.15) is 5.76 Å². The lowest BCUT2D eigenvalue weighted by atomic mass is 10.2. The molecular weight excluding hydrogens is 278 g/mol. The highest BCUT2D eigenvalue weighted by atomic mass is 35.5. The first-order valence-corrected chi connectivity index (χ1v) is 7.43. The molecule has 0 unspecified atom stereocenters. The molecule has 2 heterocycles. The summed E-state index contributed by atoms with van der Waals surface area (Å²) in [5.74, 6) is 1.01. The Labute approximate surface area is 121 Å². The normalized spacial score (nSPS) is 11.2. The summed E-state index contributed by atoms with van der Waals surface area (Å²) >= 11 is 8.14. The highest BCUT2D eigenvalue weighted by Crippen LogP contribution is 2.34. The molecule has 0 amide bonds. The molecule has 0 aliphatic heterocycles. The number of thiophene rings is 1. The van der Waals surface area contributed by atoms with Gasteiger partial charge in [-0.15, -0.1) is 11.3 Å². The van der Waals surface area contributed by atoms with Crippen LogP contribution in [-0.4, -0.2) is 6.54 Å². The molecule has 0 aliphatic carbocycles. The van der Waals surface area contributed by atoms with Crippen molar-refractivity contribution >= 4 is 33.0 Å². The summed E-state index contributed by atoms with van der Waals surface area (Å²) < 4.78 is 6.54. The van der Waals surface area contributed by atoms with Crippen LogP contribution in [0.3, 0.4) is 0 Å². The van der Waals surface area contributed by atoms with Crippen LogP contribution in [0.2, 0.25) is 5.02 Å². The lowest BCUT2D eigenvalue weighted by Gasteiger charge is -2.01. The Balaban J connectivity index is 1.61. The molecule has 0 saturated carbocycles. The van der Waals surface area contributed by atoms with Crippen LogP contribution >= 0.6 is 22.9 Å².